The molecule has 102 valence electrons. The quantitative estimate of drug-likeness (QED) is 0.708. The SMILES string of the molecule is CC1CC(N(C)CCCN)CC(O)O1.CN=O. The normalized spacial score (nSPS) is 28.5. The zero-order valence-electron chi connectivity index (χ0n) is 11.0. The Morgan fingerprint density at radius 2 is 2.12 bits per heavy atom. The molecule has 0 spiro atoms. The number of ether oxygens (including phenoxy) is 1. The molecule has 0 saturated carbocycles. The lowest BCUT2D eigenvalue weighted by molar-refractivity contribution is -0.173. The number of nitrogens with two attached hydrogens (primary N) is 1. The van der Waals surface area contributed by atoms with Gasteiger partial charge in [0.25, 0.3) is 0 Å². The minimum atomic E-state index is -0.593. The van der Waals surface area contributed by atoms with Crippen LogP contribution in [-0.2, 0) is 4.74 Å². The third-order valence-electron chi connectivity index (χ3n) is 2.81. The highest BCUT2D eigenvalue weighted by Crippen LogP contribution is 2.21. The predicted octanol–water partition coefficient (Wildman–Crippen LogP) is 0.536. The van der Waals surface area contributed by atoms with Gasteiger partial charge in [0.15, 0.2) is 6.29 Å². The van der Waals surface area contributed by atoms with Gasteiger partial charge >= 0.3 is 0 Å². The maximum absolute atomic E-state index is 9.45. The molecule has 0 bridgehead atoms. The van der Waals surface area contributed by atoms with Gasteiger partial charge in [-0.1, -0.05) is 5.18 Å². The fraction of sp³-hybridized carbons (Fsp3) is 1.00. The van der Waals surface area contributed by atoms with Gasteiger partial charge in [0.1, 0.15) is 0 Å². The van der Waals surface area contributed by atoms with Crippen LogP contribution in [0.5, 0.6) is 0 Å². The predicted molar refractivity (Wildman–Crippen MR) is 67.6 cm³/mol. The summed E-state index contributed by atoms with van der Waals surface area (Å²) in [5.74, 6) is 0. The van der Waals surface area contributed by atoms with E-state index < -0.39 is 6.29 Å². The molecule has 3 unspecified atom stereocenters. The number of nitroso groups, excluding NO2 is 1. The van der Waals surface area contributed by atoms with Crippen LogP contribution in [0, 0.1) is 4.91 Å². The first-order chi connectivity index (χ1) is 8.04. The van der Waals surface area contributed by atoms with Gasteiger partial charge in [0.2, 0.25) is 0 Å². The first-order valence-corrected chi connectivity index (χ1v) is 6.00. The molecule has 3 N–H and O–H groups in total. The van der Waals surface area contributed by atoms with Crippen molar-refractivity contribution in [3.05, 3.63) is 4.91 Å². The third-order valence-corrected chi connectivity index (χ3v) is 2.81. The van der Waals surface area contributed by atoms with Gasteiger partial charge < -0.3 is 20.5 Å². The Bertz CT molecular complexity index is 194. The average Bonchev–Trinajstić information content (AvgIpc) is 2.25. The zero-order valence-corrected chi connectivity index (χ0v) is 11.0. The average molecular weight is 247 g/mol. The van der Waals surface area contributed by atoms with Crippen LogP contribution in [0.15, 0.2) is 5.18 Å². The third kappa shape index (κ3) is 7.38. The zero-order chi connectivity index (χ0) is 13.3. The van der Waals surface area contributed by atoms with Gasteiger partial charge in [-0.15, -0.1) is 0 Å². The number of hydrogen-bond acceptors (Lipinski definition) is 6. The molecule has 0 aromatic heterocycles. The molecular weight excluding hydrogens is 222 g/mol. The van der Waals surface area contributed by atoms with Crippen LogP contribution in [-0.4, -0.2) is 55.6 Å². The van der Waals surface area contributed by atoms with Crippen molar-refractivity contribution in [3.63, 3.8) is 0 Å². The summed E-state index contributed by atoms with van der Waals surface area (Å²) in [4.78, 5) is 10.8. The Morgan fingerprint density at radius 1 is 1.53 bits per heavy atom. The number of nitrogens with zero attached hydrogens (tertiary/aromatic N) is 2. The van der Waals surface area contributed by atoms with Crippen molar-refractivity contribution in [1.29, 1.82) is 0 Å². The second-order valence-corrected chi connectivity index (χ2v) is 4.33. The minimum Gasteiger partial charge on any atom is -0.368 e. The van der Waals surface area contributed by atoms with Crippen LogP contribution < -0.4 is 5.73 Å². The second kappa shape index (κ2) is 9.47. The Hall–Kier alpha value is -0.560. The summed E-state index contributed by atoms with van der Waals surface area (Å²) in [5, 5.41) is 11.7. The summed E-state index contributed by atoms with van der Waals surface area (Å²) in [6.45, 7) is 3.73. The molecule has 0 radical (unpaired) electrons. The molecule has 1 saturated heterocycles. The molecule has 0 aromatic carbocycles. The minimum absolute atomic E-state index is 0.157. The Balaban J connectivity index is 0.000000770. The number of hydrogen-bond donors (Lipinski definition) is 2. The van der Waals surface area contributed by atoms with E-state index >= 15 is 0 Å². The molecule has 1 aliphatic heterocycles. The van der Waals surface area contributed by atoms with E-state index in [0.29, 0.717) is 12.5 Å². The maximum atomic E-state index is 9.45. The van der Waals surface area contributed by atoms with Gasteiger partial charge in [-0.3, -0.25) is 0 Å². The van der Waals surface area contributed by atoms with Crippen molar-refractivity contribution < 1.29 is 9.84 Å². The Morgan fingerprint density at radius 3 is 2.59 bits per heavy atom. The van der Waals surface area contributed by atoms with E-state index in [0.717, 1.165) is 25.9 Å². The van der Waals surface area contributed by atoms with Crippen LogP contribution in [0.1, 0.15) is 26.2 Å². The van der Waals surface area contributed by atoms with Crippen molar-refractivity contribution in [2.75, 3.05) is 27.2 Å². The lowest BCUT2D eigenvalue weighted by Gasteiger charge is -2.36. The van der Waals surface area contributed by atoms with E-state index in [1.165, 1.54) is 7.05 Å². The van der Waals surface area contributed by atoms with Crippen molar-refractivity contribution >= 4 is 0 Å². The molecule has 6 nitrogen and oxygen atoms in total. The fourth-order valence-corrected chi connectivity index (χ4v) is 1.97. The van der Waals surface area contributed by atoms with Crippen molar-refractivity contribution in [2.45, 2.75) is 44.6 Å². The largest absolute Gasteiger partial charge is 0.368 e. The summed E-state index contributed by atoms with van der Waals surface area (Å²) < 4.78 is 5.28. The summed E-state index contributed by atoms with van der Waals surface area (Å²) in [6.07, 6.45) is 2.29. The summed E-state index contributed by atoms with van der Waals surface area (Å²) in [5.41, 5.74) is 5.46. The van der Waals surface area contributed by atoms with Crippen LogP contribution in [0.4, 0.5) is 0 Å². The lowest BCUT2D eigenvalue weighted by Crippen LogP contribution is -2.43. The number of rotatable bonds is 4. The molecule has 3 atom stereocenters. The molecule has 6 heteroatoms. The van der Waals surface area contributed by atoms with Gasteiger partial charge in [-0.25, -0.2) is 0 Å². The highest BCUT2D eigenvalue weighted by molar-refractivity contribution is 4.77. The monoisotopic (exact) mass is 247 g/mol. The van der Waals surface area contributed by atoms with Gasteiger partial charge in [0, 0.05) is 12.5 Å². The first kappa shape index (κ1) is 16.4. The van der Waals surface area contributed by atoms with E-state index in [2.05, 4.69) is 17.1 Å². The van der Waals surface area contributed by atoms with Gasteiger partial charge in [0.05, 0.1) is 13.2 Å². The Labute approximate surface area is 103 Å². The van der Waals surface area contributed by atoms with Crippen LogP contribution in [0.2, 0.25) is 0 Å². The first-order valence-electron chi connectivity index (χ1n) is 6.00. The summed E-state index contributed by atoms with van der Waals surface area (Å²) in [6, 6.07) is 0.431. The molecule has 0 aromatic rings. The molecule has 1 aliphatic rings. The fourth-order valence-electron chi connectivity index (χ4n) is 1.97. The van der Waals surface area contributed by atoms with Crippen molar-refractivity contribution in [1.82, 2.24) is 4.90 Å². The second-order valence-electron chi connectivity index (χ2n) is 4.33. The van der Waals surface area contributed by atoms with Crippen LogP contribution in [0.3, 0.4) is 0 Å². The molecule has 0 amide bonds. The molecular formula is C11H25N3O3. The van der Waals surface area contributed by atoms with Gasteiger partial charge in [-0.05, 0) is 39.9 Å². The van der Waals surface area contributed by atoms with E-state index in [-0.39, 0.29) is 6.10 Å². The Kier molecular flexibility index (Phi) is 9.16. The summed E-state index contributed by atoms with van der Waals surface area (Å²) >= 11 is 0. The van der Waals surface area contributed by atoms with E-state index in [1.807, 2.05) is 6.92 Å². The maximum Gasteiger partial charge on any atom is 0.156 e. The molecule has 0 aliphatic carbocycles. The molecule has 1 rings (SSSR count). The van der Waals surface area contributed by atoms with E-state index in [1.54, 1.807) is 0 Å². The van der Waals surface area contributed by atoms with Crippen LogP contribution in [0.25, 0.3) is 0 Å². The van der Waals surface area contributed by atoms with Crippen LogP contribution >= 0.6 is 0 Å². The highest BCUT2D eigenvalue weighted by Gasteiger charge is 2.27. The lowest BCUT2D eigenvalue weighted by atomic mass is 10.0. The van der Waals surface area contributed by atoms with Gasteiger partial charge in [-0.2, -0.15) is 4.91 Å². The van der Waals surface area contributed by atoms with E-state index in [4.69, 9.17) is 15.4 Å². The van der Waals surface area contributed by atoms with Crippen molar-refractivity contribution in [2.24, 2.45) is 10.9 Å². The number of aliphatic hydroxyl groups is 1. The molecule has 1 fully saturated rings. The standard InChI is InChI=1S/C10H22N2O2.CH3NO/c1-8-6-9(7-10(13)14-8)12(2)5-3-4-11;1-2-3/h8-10,13H,3-7,11H2,1-2H3;1H3. The summed E-state index contributed by atoms with van der Waals surface area (Å²) in [7, 11) is 3.28. The molecule has 17 heavy (non-hydrogen) atoms. The topological polar surface area (TPSA) is 88.2 Å². The number of aliphatic hydroxyl groups excluding tert-OH is 1. The molecule has 1 heterocycles. The van der Waals surface area contributed by atoms with E-state index in [9.17, 15) is 5.11 Å². The smallest absolute Gasteiger partial charge is 0.156 e. The highest BCUT2D eigenvalue weighted by atomic mass is 16.6. The van der Waals surface area contributed by atoms with Crippen molar-refractivity contribution in [3.8, 4) is 0 Å².